The predicted octanol–water partition coefficient (Wildman–Crippen LogP) is 3.25. The highest BCUT2D eigenvalue weighted by atomic mass is 32.2. The molecule has 35 heavy (non-hydrogen) atoms. The number of aryl methyl sites for hydroxylation is 2. The number of piperazine rings is 1. The zero-order chi connectivity index (χ0) is 24.6. The van der Waals surface area contributed by atoms with Crippen molar-refractivity contribution in [1.82, 2.24) is 24.0 Å². The molecule has 8 nitrogen and oxygen atoms in total. The van der Waals surface area contributed by atoms with E-state index < -0.39 is 10.0 Å². The molecule has 0 aliphatic carbocycles. The second kappa shape index (κ2) is 9.24. The molecule has 0 N–H and O–H groups in total. The van der Waals surface area contributed by atoms with E-state index in [-0.39, 0.29) is 30.4 Å². The fourth-order valence-electron chi connectivity index (χ4n) is 4.51. The smallest absolute Gasteiger partial charge is 0.244 e. The summed E-state index contributed by atoms with van der Waals surface area (Å²) >= 11 is 0. The van der Waals surface area contributed by atoms with E-state index in [2.05, 4.69) is 41.3 Å². The van der Waals surface area contributed by atoms with Crippen LogP contribution in [0.15, 0.2) is 71.8 Å². The molecule has 1 amide bonds. The number of carbonyl (C=O) groups excluding carboxylic acids is 1. The van der Waals surface area contributed by atoms with Gasteiger partial charge in [0.15, 0.2) is 5.65 Å². The molecule has 0 spiro atoms. The highest BCUT2D eigenvalue weighted by molar-refractivity contribution is 7.89. The van der Waals surface area contributed by atoms with Gasteiger partial charge in [-0.25, -0.2) is 18.1 Å². The maximum absolute atomic E-state index is 13.1. The Morgan fingerprint density at radius 2 is 1.60 bits per heavy atom. The third-order valence-corrected chi connectivity index (χ3v) is 8.34. The van der Waals surface area contributed by atoms with Crippen molar-refractivity contribution in [1.29, 1.82) is 0 Å². The van der Waals surface area contributed by atoms with Gasteiger partial charge in [0.25, 0.3) is 0 Å². The first-order chi connectivity index (χ1) is 16.8. The van der Waals surface area contributed by atoms with Crippen molar-refractivity contribution >= 4 is 27.0 Å². The Balaban J connectivity index is 1.32. The normalized spacial score (nSPS) is 15.0. The molecular weight excluding hydrogens is 462 g/mol. The highest BCUT2D eigenvalue weighted by Crippen LogP contribution is 2.30. The largest absolute Gasteiger partial charge is 0.338 e. The second-order valence-electron chi connectivity index (χ2n) is 8.76. The van der Waals surface area contributed by atoms with Crippen molar-refractivity contribution in [3.63, 3.8) is 0 Å². The van der Waals surface area contributed by atoms with Gasteiger partial charge in [-0.3, -0.25) is 4.79 Å². The van der Waals surface area contributed by atoms with E-state index in [1.54, 1.807) is 46.1 Å². The minimum absolute atomic E-state index is 0.0557. The van der Waals surface area contributed by atoms with Crippen LogP contribution in [-0.2, 0) is 21.4 Å². The zero-order valence-corrected chi connectivity index (χ0v) is 20.6. The van der Waals surface area contributed by atoms with Gasteiger partial charge < -0.3 is 4.90 Å². The summed E-state index contributed by atoms with van der Waals surface area (Å²) < 4.78 is 28.8. The molecule has 0 bridgehead atoms. The van der Waals surface area contributed by atoms with Crippen molar-refractivity contribution in [3.05, 3.63) is 78.1 Å². The third kappa shape index (κ3) is 4.44. The summed E-state index contributed by atoms with van der Waals surface area (Å²) in [6, 6.07) is 18.7. The Kier molecular flexibility index (Phi) is 6.12. The summed E-state index contributed by atoms with van der Waals surface area (Å²) in [5.74, 6) is -0.103. The lowest BCUT2D eigenvalue weighted by Crippen LogP contribution is -2.51. The number of fused-ring (bicyclic) bond motifs is 1. The first kappa shape index (κ1) is 23.2. The molecular formula is C26H27N5O3S. The summed E-state index contributed by atoms with van der Waals surface area (Å²) in [5.41, 5.74) is 4.78. The summed E-state index contributed by atoms with van der Waals surface area (Å²) in [5, 5.41) is 5.56. The van der Waals surface area contributed by atoms with Crippen molar-refractivity contribution in [2.24, 2.45) is 0 Å². The minimum atomic E-state index is -3.56. The summed E-state index contributed by atoms with van der Waals surface area (Å²) in [6.45, 7) is 5.24. The van der Waals surface area contributed by atoms with Gasteiger partial charge in [0.2, 0.25) is 15.9 Å². The summed E-state index contributed by atoms with van der Waals surface area (Å²) in [6.07, 6.45) is 1.74. The molecule has 0 atom stereocenters. The molecule has 0 unspecified atom stereocenters. The average molecular weight is 490 g/mol. The van der Waals surface area contributed by atoms with Gasteiger partial charge in [-0.05, 0) is 43.2 Å². The maximum Gasteiger partial charge on any atom is 0.244 e. The Hall–Kier alpha value is -3.56. The highest BCUT2D eigenvalue weighted by Gasteiger charge is 2.30. The van der Waals surface area contributed by atoms with Crippen LogP contribution in [0.4, 0.5) is 0 Å². The van der Waals surface area contributed by atoms with Crippen LogP contribution in [0.5, 0.6) is 0 Å². The molecule has 1 aliphatic heterocycles. The van der Waals surface area contributed by atoms with E-state index >= 15 is 0 Å². The van der Waals surface area contributed by atoms with Crippen molar-refractivity contribution in [2.75, 3.05) is 26.2 Å². The zero-order valence-electron chi connectivity index (χ0n) is 19.8. The number of aromatic nitrogens is 3. The van der Waals surface area contributed by atoms with Crippen LogP contribution in [-0.4, -0.2) is 64.5 Å². The number of pyridine rings is 1. The van der Waals surface area contributed by atoms with Gasteiger partial charge in [-0.2, -0.15) is 9.40 Å². The van der Waals surface area contributed by atoms with E-state index in [4.69, 9.17) is 0 Å². The minimum Gasteiger partial charge on any atom is -0.338 e. The van der Waals surface area contributed by atoms with Crippen LogP contribution in [0.3, 0.4) is 0 Å². The lowest BCUT2D eigenvalue weighted by atomic mass is 10.0. The number of nitrogens with zero attached hydrogens (tertiary/aromatic N) is 5. The topological polar surface area (TPSA) is 88.4 Å². The number of carbonyl (C=O) groups is 1. The number of benzene rings is 2. The van der Waals surface area contributed by atoms with E-state index in [9.17, 15) is 13.2 Å². The molecule has 1 fully saturated rings. The van der Waals surface area contributed by atoms with Crippen molar-refractivity contribution in [3.8, 4) is 11.1 Å². The number of sulfonamides is 1. The average Bonchev–Trinajstić information content (AvgIpc) is 3.20. The second-order valence-corrected chi connectivity index (χ2v) is 10.7. The molecule has 2 aromatic carbocycles. The molecule has 3 heterocycles. The molecule has 5 rings (SSSR count). The molecule has 0 saturated carbocycles. The lowest BCUT2D eigenvalue weighted by Gasteiger charge is -2.34. The van der Waals surface area contributed by atoms with Crippen LogP contribution in [0.2, 0.25) is 0 Å². The Morgan fingerprint density at radius 1 is 0.914 bits per heavy atom. The van der Waals surface area contributed by atoms with Crippen molar-refractivity contribution in [2.45, 2.75) is 25.3 Å². The fraction of sp³-hybridized carbons (Fsp3) is 0.269. The fourth-order valence-corrected chi connectivity index (χ4v) is 5.96. The van der Waals surface area contributed by atoms with E-state index in [0.29, 0.717) is 18.7 Å². The predicted molar refractivity (Wildman–Crippen MR) is 134 cm³/mol. The molecule has 4 aromatic rings. The van der Waals surface area contributed by atoms with Gasteiger partial charge in [0.1, 0.15) is 6.54 Å². The third-order valence-electron chi connectivity index (χ3n) is 6.43. The van der Waals surface area contributed by atoms with Gasteiger partial charge in [0, 0.05) is 37.8 Å². The SMILES string of the molecule is Cc1ccc(-c2ccnc3c2c(C)nn3CC(=O)N2CCN(S(=O)(=O)c3ccccc3)CC2)cc1. The first-order valence-electron chi connectivity index (χ1n) is 11.6. The number of rotatable bonds is 5. The standard InChI is InChI=1S/C26H27N5O3S/c1-19-8-10-21(11-9-19)23-12-13-27-26-25(23)20(2)28-31(26)18-24(32)29-14-16-30(17-15-29)35(33,34)22-6-4-3-5-7-22/h3-13H,14-18H2,1-2H3. The van der Waals surface area contributed by atoms with Gasteiger partial charge >= 0.3 is 0 Å². The van der Waals surface area contributed by atoms with Crippen molar-refractivity contribution < 1.29 is 13.2 Å². The van der Waals surface area contributed by atoms with Crippen LogP contribution in [0, 0.1) is 13.8 Å². The molecule has 0 radical (unpaired) electrons. The number of hydrogen-bond donors (Lipinski definition) is 0. The molecule has 1 saturated heterocycles. The van der Waals surface area contributed by atoms with Crippen LogP contribution in [0.1, 0.15) is 11.3 Å². The quantitative estimate of drug-likeness (QED) is 0.429. The monoisotopic (exact) mass is 489 g/mol. The molecule has 2 aromatic heterocycles. The summed E-state index contributed by atoms with van der Waals surface area (Å²) in [4.78, 5) is 19.6. The van der Waals surface area contributed by atoms with Gasteiger partial charge in [0.05, 0.1) is 10.6 Å². The van der Waals surface area contributed by atoms with Crippen LogP contribution in [0.25, 0.3) is 22.2 Å². The van der Waals surface area contributed by atoms with Crippen LogP contribution < -0.4 is 0 Å². The number of hydrogen-bond acceptors (Lipinski definition) is 5. The maximum atomic E-state index is 13.1. The van der Waals surface area contributed by atoms with Gasteiger partial charge in [-0.1, -0.05) is 48.0 Å². The Morgan fingerprint density at radius 3 is 2.29 bits per heavy atom. The Labute approximate surface area is 204 Å². The molecule has 180 valence electrons. The van der Waals surface area contributed by atoms with Crippen LogP contribution >= 0.6 is 0 Å². The van der Waals surface area contributed by atoms with Gasteiger partial charge in [-0.15, -0.1) is 0 Å². The molecule has 9 heteroatoms. The van der Waals surface area contributed by atoms with E-state index in [0.717, 1.165) is 22.2 Å². The first-order valence-corrected chi connectivity index (χ1v) is 13.0. The summed E-state index contributed by atoms with van der Waals surface area (Å²) in [7, 11) is -3.56. The molecule has 1 aliphatic rings. The Bertz CT molecular complexity index is 1470. The lowest BCUT2D eigenvalue weighted by molar-refractivity contribution is -0.133. The van der Waals surface area contributed by atoms with E-state index in [1.165, 1.54) is 9.87 Å². The number of amides is 1. The van der Waals surface area contributed by atoms with E-state index in [1.807, 2.05) is 13.0 Å².